The van der Waals surface area contributed by atoms with E-state index >= 15 is 0 Å². The molecule has 0 aliphatic carbocycles. The molecule has 1 aromatic rings. The van der Waals surface area contributed by atoms with Crippen LogP contribution in [-0.4, -0.2) is 25.7 Å². The second-order valence-corrected chi connectivity index (χ2v) is 4.04. The lowest BCUT2D eigenvalue weighted by Crippen LogP contribution is -2.09. The summed E-state index contributed by atoms with van der Waals surface area (Å²) in [6.07, 6.45) is 3.62. The van der Waals surface area contributed by atoms with Crippen molar-refractivity contribution in [2.75, 3.05) is 13.7 Å². The van der Waals surface area contributed by atoms with E-state index in [1.165, 1.54) is 13.2 Å². The molecule has 0 aliphatic rings. The smallest absolute Gasteiger partial charge is 0.333 e. The van der Waals surface area contributed by atoms with Crippen molar-refractivity contribution in [3.63, 3.8) is 0 Å². The van der Waals surface area contributed by atoms with Crippen molar-refractivity contribution in [2.45, 2.75) is 12.8 Å². The Morgan fingerprint density at radius 3 is 2.50 bits per heavy atom. The molecule has 0 unspecified atom stereocenters. The Hall–Kier alpha value is -2.36. The third-order valence-electron chi connectivity index (χ3n) is 2.55. The van der Waals surface area contributed by atoms with Gasteiger partial charge in [-0.25, -0.2) is 4.79 Å². The topological polar surface area (TPSA) is 52.6 Å². The zero-order valence-electron chi connectivity index (χ0n) is 11.5. The summed E-state index contributed by atoms with van der Waals surface area (Å²) in [6, 6.07) is 9.39. The highest BCUT2D eigenvalue weighted by Gasteiger charge is 2.12. The quantitative estimate of drug-likeness (QED) is 0.436. The molecule has 4 nitrogen and oxygen atoms in total. The zero-order chi connectivity index (χ0) is 14.8. The predicted octanol–water partition coefficient (Wildman–Crippen LogP) is 2.75. The summed E-state index contributed by atoms with van der Waals surface area (Å²) in [5.41, 5.74) is 1.32. The molecular formula is C16H18O4. The number of carbonyl (C=O) groups is 2. The number of ether oxygens (including phenoxy) is 2. The maximum atomic E-state index is 11.7. The van der Waals surface area contributed by atoms with Gasteiger partial charge in [0.1, 0.15) is 6.61 Å². The highest BCUT2D eigenvalue weighted by atomic mass is 16.5. The van der Waals surface area contributed by atoms with E-state index in [1.807, 2.05) is 30.3 Å². The van der Waals surface area contributed by atoms with E-state index in [0.29, 0.717) is 5.57 Å². The van der Waals surface area contributed by atoms with E-state index in [1.54, 1.807) is 6.08 Å². The minimum atomic E-state index is -0.439. The Morgan fingerprint density at radius 1 is 1.20 bits per heavy atom. The normalized spacial score (nSPS) is 10.8. The van der Waals surface area contributed by atoms with Crippen LogP contribution >= 0.6 is 0 Å². The maximum Gasteiger partial charge on any atom is 0.333 e. The van der Waals surface area contributed by atoms with E-state index in [9.17, 15) is 9.59 Å². The van der Waals surface area contributed by atoms with Gasteiger partial charge >= 0.3 is 11.9 Å². The highest BCUT2D eigenvalue weighted by molar-refractivity contribution is 5.94. The number of rotatable bonds is 7. The minimum Gasteiger partial charge on any atom is -0.466 e. The molecular weight excluding hydrogens is 256 g/mol. The van der Waals surface area contributed by atoms with Crippen LogP contribution < -0.4 is 0 Å². The van der Waals surface area contributed by atoms with Gasteiger partial charge in [-0.15, -0.1) is 0 Å². The molecule has 0 atom stereocenters. The third-order valence-corrected chi connectivity index (χ3v) is 2.55. The Kier molecular flexibility index (Phi) is 6.82. The molecule has 0 N–H and O–H groups in total. The number of benzene rings is 1. The molecule has 1 aromatic carbocycles. The summed E-state index contributed by atoms with van der Waals surface area (Å²) in [6.45, 7) is 3.64. The molecule has 0 radical (unpaired) electrons. The van der Waals surface area contributed by atoms with Crippen molar-refractivity contribution in [3.05, 3.63) is 54.1 Å². The minimum absolute atomic E-state index is 0.127. The molecule has 1 rings (SSSR count). The molecule has 4 heteroatoms. The van der Waals surface area contributed by atoms with Crippen LogP contribution in [0.3, 0.4) is 0 Å². The largest absolute Gasteiger partial charge is 0.466 e. The van der Waals surface area contributed by atoms with Gasteiger partial charge in [0.05, 0.1) is 7.11 Å². The van der Waals surface area contributed by atoms with Crippen LogP contribution in [0, 0.1) is 0 Å². The molecule has 106 valence electrons. The van der Waals surface area contributed by atoms with Crippen molar-refractivity contribution in [1.82, 2.24) is 0 Å². The van der Waals surface area contributed by atoms with E-state index in [2.05, 4.69) is 6.58 Å². The summed E-state index contributed by atoms with van der Waals surface area (Å²) >= 11 is 0. The first kappa shape index (κ1) is 15.7. The van der Waals surface area contributed by atoms with Gasteiger partial charge < -0.3 is 9.47 Å². The van der Waals surface area contributed by atoms with Gasteiger partial charge in [0, 0.05) is 12.0 Å². The van der Waals surface area contributed by atoms with E-state index in [4.69, 9.17) is 9.47 Å². The van der Waals surface area contributed by atoms with E-state index in [0.717, 1.165) is 5.56 Å². The van der Waals surface area contributed by atoms with Crippen LogP contribution in [0.4, 0.5) is 0 Å². The number of carbonyl (C=O) groups excluding carboxylic acids is 2. The Bertz CT molecular complexity index is 488. The van der Waals surface area contributed by atoms with Crippen LogP contribution in [0.2, 0.25) is 0 Å². The first-order valence-corrected chi connectivity index (χ1v) is 6.28. The van der Waals surface area contributed by atoms with Crippen LogP contribution in [-0.2, 0) is 19.1 Å². The van der Waals surface area contributed by atoms with Crippen LogP contribution in [0.25, 0.3) is 6.08 Å². The molecule has 0 saturated carbocycles. The van der Waals surface area contributed by atoms with Crippen LogP contribution in [0.1, 0.15) is 18.4 Å². The second kappa shape index (κ2) is 8.69. The lowest BCUT2D eigenvalue weighted by Gasteiger charge is -2.06. The fourth-order valence-corrected chi connectivity index (χ4v) is 1.58. The monoisotopic (exact) mass is 274 g/mol. The third kappa shape index (κ3) is 5.52. The molecule has 0 aromatic heterocycles. The SMILES string of the molecule is C=CCOC(=O)CC/C(=C\c1ccccc1)C(=O)OC. The molecule has 0 aliphatic heterocycles. The summed E-state index contributed by atoms with van der Waals surface area (Å²) in [5.74, 6) is -0.807. The molecule has 0 bridgehead atoms. The average molecular weight is 274 g/mol. The number of hydrogen-bond acceptors (Lipinski definition) is 4. The van der Waals surface area contributed by atoms with Gasteiger partial charge in [-0.3, -0.25) is 4.79 Å². The lowest BCUT2D eigenvalue weighted by molar-refractivity contribution is -0.142. The van der Waals surface area contributed by atoms with Crippen LogP contribution in [0.5, 0.6) is 0 Å². The Balaban J connectivity index is 2.71. The fourth-order valence-electron chi connectivity index (χ4n) is 1.58. The summed E-state index contributed by atoms with van der Waals surface area (Å²) < 4.78 is 9.59. The second-order valence-electron chi connectivity index (χ2n) is 4.04. The number of methoxy groups -OCH3 is 1. The summed E-state index contributed by atoms with van der Waals surface area (Å²) in [4.78, 5) is 23.1. The summed E-state index contributed by atoms with van der Waals surface area (Å²) in [7, 11) is 1.32. The van der Waals surface area contributed by atoms with E-state index in [-0.39, 0.29) is 25.4 Å². The maximum absolute atomic E-state index is 11.7. The molecule has 0 fully saturated rings. The predicted molar refractivity (Wildman–Crippen MR) is 76.8 cm³/mol. The number of esters is 2. The Labute approximate surface area is 118 Å². The van der Waals surface area contributed by atoms with Gasteiger partial charge in [0.2, 0.25) is 0 Å². The first-order chi connectivity index (χ1) is 9.67. The lowest BCUT2D eigenvalue weighted by atomic mass is 10.1. The zero-order valence-corrected chi connectivity index (χ0v) is 11.5. The fraction of sp³-hybridized carbons (Fsp3) is 0.250. The molecule has 0 spiro atoms. The average Bonchev–Trinajstić information content (AvgIpc) is 2.49. The standard InChI is InChI=1S/C16H18O4/c1-3-11-20-15(17)10-9-14(16(18)19-2)12-13-7-5-4-6-8-13/h3-8,12H,1,9-11H2,2H3/b14-12+. The van der Waals surface area contributed by atoms with Gasteiger partial charge in [0.15, 0.2) is 0 Å². The first-order valence-electron chi connectivity index (χ1n) is 6.28. The van der Waals surface area contributed by atoms with Gasteiger partial charge in [-0.05, 0) is 18.1 Å². The van der Waals surface area contributed by atoms with E-state index < -0.39 is 5.97 Å². The Morgan fingerprint density at radius 2 is 1.90 bits per heavy atom. The van der Waals surface area contributed by atoms with Crippen molar-refractivity contribution >= 4 is 18.0 Å². The van der Waals surface area contributed by atoms with Gasteiger partial charge in [-0.1, -0.05) is 43.0 Å². The molecule has 0 heterocycles. The molecule has 20 heavy (non-hydrogen) atoms. The molecule has 0 saturated heterocycles. The highest BCUT2D eigenvalue weighted by Crippen LogP contribution is 2.13. The van der Waals surface area contributed by atoms with Crippen molar-refractivity contribution in [1.29, 1.82) is 0 Å². The van der Waals surface area contributed by atoms with Crippen molar-refractivity contribution in [2.24, 2.45) is 0 Å². The molecule has 0 amide bonds. The van der Waals surface area contributed by atoms with Crippen LogP contribution in [0.15, 0.2) is 48.6 Å². The van der Waals surface area contributed by atoms with Crippen molar-refractivity contribution in [3.8, 4) is 0 Å². The van der Waals surface area contributed by atoms with Gasteiger partial charge in [0.25, 0.3) is 0 Å². The summed E-state index contributed by atoms with van der Waals surface area (Å²) in [5, 5.41) is 0. The van der Waals surface area contributed by atoms with Crippen molar-refractivity contribution < 1.29 is 19.1 Å². The van der Waals surface area contributed by atoms with Gasteiger partial charge in [-0.2, -0.15) is 0 Å². The number of hydrogen-bond donors (Lipinski definition) is 0.